The molecule has 1 heterocycles. The number of hydrogen-bond donors (Lipinski definition) is 0. The number of carbonyl (C=O) groups excluding carboxylic acids is 1. The average molecular weight is 202 g/mol. The standard InChI is InChI=1S/C13H14O2/c1-9-4-3-5-11-8-12(15-13(9)11)7-6-10(2)14/h3-5,8H,6-7H2,1-2H3. The fraction of sp³-hybridized carbons (Fsp3) is 0.308. The van der Waals surface area contributed by atoms with Gasteiger partial charge in [0.05, 0.1) is 0 Å². The van der Waals surface area contributed by atoms with E-state index in [9.17, 15) is 4.79 Å². The van der Waals surface area contributed by atoms with Crippen LogP contribution in [0, 0.1) is 6.92 Å². The molecule has 0 saturated carbocycles. The van der Waals surface area contributed by atoms with Gasteiger partial charge in [0, 0.05) is 18.2 Å². The van der Waals surface area contributed by atoms with Gasteiger partial charge in [-0.2, -0.15) is 0 Å². The number of aryl methyl sites for hydroxylation is 2. The summed E-state index contributed by atoms with van der Waals surface area (Å²) in [6.07, 6.45) is 1.25. The molecule has 0 atom stereocenters. The molecule has 15 heavy (non-hydrogen) atoms. The van der Waals surface area contributed by atoms with E-state index < -0.39 is 0 Å². The minimum atomic E-state index is 0.201. The monoisotopic (exact) mass is 202 g/mol. The van der Waals surface area contributed by atoms with Crippen molar-refractivity contribution in [2.75, 3.05) is 0 Å². The second-order valence-electron chi connectivity index (χ2n) is 3.91. The molecule has 0 aliphatic rings. The van der Waals surface area contributed by atoms with Gasteiger partial charge in [-0.15, -0.1) is 0 Å². The summed E-state index contributed by atoms with van der Waals surface area (Å²) in [5, 5.41) is 1.12. The van der Waals surface area contributed by atoms with Crippen molar-refractivity contribution in [1.29, 1.82) is 0 Å². The molecule has 78 valence electrons. The fourth-order valence-corrected chi connectivity index (χ4v) is 1.68. The largest absolute Gasteiger partial charge is 0.461 e. The first-order valence-corrected chi connectivity index (χ1v) is 5.14. The molecule has 2 heteroatoms. The molecule has 0 spiro atoms. The molecule has 0 radical (unpaired) electrons. The van der Waals surface area contributed by atoms with Crippen LogP contribution in [-0.2, 0) is 11.2 Å². The van der Waals surface area contributed by atoms with E-state index >= 15 is 0 Å². The van der Waals surface area contributed by atoms with Gasteiger partial charge in [-0.25, -0.2) is 0 Å². The van der Waals surface area contributed by atoms with Gasteiger partial charge < -0.3 is 9.21 Å². The first-order valence-electron chi connectivity index (χ1n) is 5.14. The lowest BCUT2D eigenvalue weighted by Crippen LogP contribution is -1.91. The Bertz CT molecular complexity index is 494. The number of rotatable bonds is 3. The lowest BCUT2D eigenvalue weighted by Gasteiger charge is -1.93. The molecule has 0 aliphatic carbocycles. The molecule has 0 unspecified atom stereocenters. The quantitative estimate of drug-likeness (QED) is 0.764. The molecule has 0 bridgehead atoms. The van der Waals surface area contributed by atoms with Crippen molar-refractivity contribution in [1.82, 2.24) is 0 Å². The number of para-hydroxylation sites is 1. The van der Waals surface area contributed by atoms with E-state index in [0.717, 1.165) is 22.3 Å². The Morgan fingerprint density at radius 3 is 2.87 bits per heavy atom. The summed E-state index contributed by atoms with van der Waals surface area (Å²) in [5.74, 6) is 1.10. The summed E-state index contributed by atoms with van der Waals surface area (Å²) in [6.45, 7) is 3.63. The molecule has 1 aromatic heterocycles. The van der Waals surface area contributed by atoms with Gasteiger partial charge in [0.25, 0.3) is 0 Å². The highest BCUT2D eigenvalue weighted by Crippen LogP contribution is 2.23. The SMILES string of the molecule is CC(=O)CCc1cc2cccc(C)c2o1. The molecule has 0 N–H and O–H groups in total. The lowest BCUT2D eigenvalue weighted by molar-refractivity contribution is -0.117. The van der Waals surface area contributed by atoms with Crippen molar-refractivity contribution >= 4 is 16.8 Å². The number of hydrogen-bond acceptors (Lipinski definition) is 2. The van der Waals surface area contributed by atoms with E-state index in [4.69, 9.17) is 4.42 Å². The predicted molar refractivity (Wildman–Crippen MR) is 60.0 cm³/mol. The number of carbonyl (C=O) groups is 1. The molecule has 0 saturated heterocycles. The van der Waals surface area contributed by atoms with Crippen LogP contribution in [-0.4, -0.2) is 5.78 Å². The van der Waals surface area contributed by atoms with Crippen LogP contribution in [0.1, 0.15) is 24.7 Å². The highest BCUT2D eigenvalue weighted by molar-refractivity contribution is 5.81. The normalized spacial score (nSPS) is 10.8. The first kappa shape index (κ1) is 9.97. The van der Waals surface area contributed by atoms with E-state index in [-0.39, 0.29) is 5.78 Å². The van der Waals surface area contributed by atoms with Crippen LogP contribution < -0.4 is 0 Å². The maximum absolute atomic E-state index is 10.9. The van der Waals surface area contributed by atoms with Crippen LogP contribution in [0.3, 0.4) is 0 Å². The van der Waals surface area contributed by atoms with E-state index in [1.807, 2.05) is 31.2 Å². The molecular formula is C13H14O2. The van der Waals surface area contributed by atoms with Crippen LogP contribution in [0.15, 0.2) is 28.7 Å². The van der Waals surface area contributed by atoms with Crippen molar-refractivity contribution < 1.29 is 9.21 Å². The van der Waals surface area contributed by atoms with Crippen LogP contribution in [0.25, 0.3) is 11.0 Å². The van der Waals surface area contributed by atoms with E-state index in [1.54, 1.807) is 6.92 Å². The van der Waals surface area contributed by atoms with Crippen molar-refractivity contribution in [3.8, 4) is 0 Å². The van der Waals surface area contributed by atoms with E-state index in [2.05, 4.69) is 0 Å². The number of fused-ring (bicyclic) bond motifs is 1. The summed E-state index contributed by atoms with van der Waals surface area (Å²) < 4.78 is 5.70. The fourth-order valence-electron chi connectivity index (χ4n) is 1.68. The Balaban J connectivity index is 2.31. The molecule has 2 nitrogen and oxygen atoms in total. The Hall–Kier alpha value is -1.57. The van der Waals surface area contributed by atoms with Gasteiger partial charge in [-0.3, -0.25) is 0 Å². The van der Waals surface area contributed by atoms with E-state index in [0.29, 0.717) is 12.8 Å². The summed E-state index contributed by atoms with van der Waals surface area (Å²) in [5.41, 5.74) is 2.08. The molecular weight excluding hydrogens is 188 g/mol. The maximum Gasteiger partial charge on any atom is 0.137 e. The van der Waals surface area contributed by atoms with Crippen LogP contribution in [0.2, 0.25) is 0 Å². The topological polar surface area (TPSA) is 30.2 Å². The Morgan fingerprint density at radius 1 is 1.40 bits per heavy atom. The zero-order chi connectivity index (χ0) is 10.8. The average Bonchev–Trinajstić information content (AvgIpc) is 2.59. The van der Waals surface area contributed by atoms with Crippen molar-refractivity contribution in [2.24, 2.45) is 0 Å². The van der Waals surface area contributed by atoms with Gasteiger partial charge in [0.1, 0.15) is 17.1 Å². The third kappa shape index (κ3) is 2.09. The minimum Gasteiger partial charge on any atom is -0.461 e. The zero-order valence-electron chi connectivity index (χ0n) is 9.04. The summed E-state index contributed by atoms with van der Waals surface area (Å²) in [4.78, 5) is 10.9. The van der Waals surface area contributed by atoms with Crippen LogP contribution in [0.5, 0.6) is 0 Å². The van der Waals surface area contributed by atoms with Crippen molar-refractivity contribution in [3.05, 3.63) is 35.6 Å². The first-order chi connectivity index (χ1) is 7.16. The van der Waals surface area contributed by atoms with Crippen LogP contribution >= 0.6 is 0 Å². The van der Waals surface area contributed by atoms with Crippen molar-refractivity contribution in [3.63, 3.8) is 0 Å². The van der Waals surface area contributed by atoms with Gasteiger partial charge in [0.15, 0.2) is 0 Å². The highest BCUT2D eigenvalue weighted by Gasteiger charge is 2.06. The second kappa shape index (κ2) is 3.89. The Kier molecular flexibility index (Phi) is 2.58. The zero-order valence-corrected chi connectivity index (χ0v) is 9.04. The summed E-state index contributed by atoms with van der Waals surface area (Å²) in [6, 6.07) is 8.09. The second-order valence-corrected chi connectivity index (χ2v) is 3.91. The lowest BCUT2D eigenvalue weighted by atomic mass is 10.1. The van der Waals surface area contributed by atoms with Crippen LogP contribution in [0.4, 0.5) is 0 Å². The Morgan fingerprint density at radius 2 is 2.20 bits per heavy atom. The molecule has 2 rings (SSSR count). The number of furan rings is 1. The van der Waals surface area contributed by atoms with E-state index in [1.165, 1.54) is 0 Å². The molecule has 0 aliphatic heterocycles. The molecule has 0 amide bonds. The predicted octanol–water partition coefficient (Wildman–Crippen LogP) is 3.26. The number of ketones is 1. The third-order valence-electron chi connectivity index (χ3n) is 2.52. The molecule has 1 aromatic carbocycles. The Labute approximate surface area is 88.9 Å². The molecule has 0 fully saturated rings. The number of Topliss-reactive ketones (excluding diaryl/α,β-unsaturated/α-hetero) is 1. The van der Waals surface area contributed by atoms with Gasteiger partial charge >= 0.3 is 0 Å². The third-order valence-corrected chi connectivity index (χ3v) is 2.52. The highest BCUT2D eigenvalue weighted by atomic mass is 16.3. The summed E-state index contributed by atoms with van der Waals surface area (Å²) >= 11 is 0. The number of benzene rings is 1. The van der Waals surface area contributed by atoms with Gasteiger partial charge in [0.2, 0.25) is 0 Å². The van der Waals surface area contributed by atoms with Crippen molar-refractivity contribution in [2.45, 2.75) is 26.7 Å². The maximum atomic E-state index is 10.9. The van der Waals surface area contributed by atoms with Gasteiger partial charge in [-0.05, 0) is 25.5 Å². The van der Waals surface area contributed by atoms with Gasteiger partial charge in [-0.1, -0.05) is 18.2 Å². The molecule has 2 aromatic rings. The smallest absolute Gasteiger partial charge is 0.137 e. The summed E-state index contributed by atoms with van der Waals surface area (Å²) in [7, 11) is 0. The minimum absolute atomic E-state index is 0.201.